The molecule has 2 heterocycles. The van der Waals surface area contributed by atoms with Crippen molar-refractivity contribution in [2.75, 3.05) is 18.0 Å². The molecule has 1 aliphatic rings. The van der Waals surface area contributed by atoms with Gasteiger partial charge in [-0.25, -0.2) is 4.98 Å². The molecule has 0 saturated carbocycles. The normalized spacial score (nSPS) is 19.6. The molecule has 0 N–H and O–H groups in total. The zero-order valence-electron chi connectivity index (χ0n) is 10.2. The predicted octanol–water partition coefficient (Wildman–Crippen LogP) is 1.71. The molecule has 96 valence electrons. The maximum absolute atomic E-state index is 10.8. The Morgan fingerprint density at radius 1 is 1.61 bits per heavy atom. The van der Waals surface area contributed by atoms with Gasteiger partial charge in [-0.15, -0.1) is 0 Å². The molecule has 1 aromatic heterocycles. The number of rotatable bonds is 3. The lowest BCUT2D eigenvalue weighted by Crippen LogP contribution is -2.36. The summed E-state index contributed by atoms with van der Waals surface area (Å²) >= 11 is 0. The first-order valence-electron chi connectivity index (χ1n) is 5.93. The molecule has 0 aromatic carbocycles. The number of anilines is 1. The van der Waals surface area contributed by atoms with E-state index in [1.54, 1.807) is 6.92 Å². The van der Waals surface area contributed by atoms with Crippen molar-refractivity contribution < 1.29 is 9.72 Å². The molecule has 1 aromatic rings. The van der Waals surface area contributed by atoms with Crippen molar-refractivity contribution in [3.63, 3.8) is 0 Å². The molecule has 1 fully saturated rings. The average molecular weight is 249 g/mol. The number of carbonyl (C=O) groups is 1. The van der Waals surface area contributed by atoms with Crippen molar-refractivity contribution in [3.05, 3.63) is 27.9 Å². The van der Waals surface area contributed by atoms with Gasteiger partial charge < -0.3 is 9.69 Å². The summed E-state index contributed by atoms with van der Waals surface area (Å²) in [4.78, 5) is 27.2. The molecule has 1 aliphatic heterocycles. The van der Waals surface area contributed by atoms with Crippen LogP contribution in [0.4, 0.5) is 11.5 Å². The second kappa shape index (κ2) is 5.12. The highest BCUT2D eigenvalue weighted by atomic mass is 16.6. The van der Waals surface area contributed by atoms with Crippen LogP contribution in [-0.4, -0.2) is 29.3 Å². The number of nitro groups is 1. The molecular formula is C12H15N3O3. The van der Waals surface area contributed by atoms with Gasteiger partial charge in [0.1, 0.15) is 18.3 Å². The summed E-state index contributed by atoms with van der Waals surface area (Å²) in [6.45, 7) is 3.30. The van der Waals surface area contributed by atoms with E-state index in [0.717, 1.165) is 37.1 Å². The molecular weight excluding hydrogens is 234 g/mol. The number of aromatic nitrogens is 1. The van der Waals surface area contributed by atoms with Crippen LogP contribution in [0.1, 0.15) is 18.4 Å². The summed E-state index contributed by atoms with van der Waals surface area (Å²) in [6.07, 6.45) is 4.10. The molecule has 0 aliphatic carbocycles. The van der Waals surface area contributed by atoms with Gasteiger partial charge in [-0.3, -0.25) is 10.1 Å². The highest BCUT2D eigenvalue weighted by molar-refractivity contribution is 5.57. The summed E-state index contributed by atoms with van der Waals surface area (Å²) in [6, 6.07) is 1.52. The number of hydrogen-bond donors (Lipinski definition) is 0. The smallest absolute Gasteiger partial charge is 0.287 e. The Morgan fingerprint density at radius 2 is 2.39 bits per heavy atom. The van der Waals surface area contributed by atoms with Crippen molar-refractivity contribution >= 4 is 17.8 Å². The molecule has 1 atom stereocenters. The van der Waals surface area contributed by atoms with Gasteiger partial charge in [0.2, 0.25) is 0 Å². The molecule has 18 heavy (non-hydrogen) atoms. The van der Waals surface area contributed by atoms with Crippen molar-refractivity contribution in [2.45, 2.75) is 19.8 Å². The van der Waals surface area contributed by atoms with E-state index in [1.165, 1.54) is 12.3 Å². The highest BCUT2D eigenvalue weighted by Crippen LogP contribution is 2.25. The molecule has 6 heteroatoms. The van der Waals surface area contributed by atoms with Crippen molar-refractivity contribution in [2.24, 2.45) is 5.92 Å². The number of pyridine rings is 1. The van der Waals surface area contributed by atoms with Crippen molar-refractivity contribution in [1.29, 1.82) is 0 Å². The lowest BCUT2D eigenvalue weighted by atomic mass is 9.99. The van der Waals surface area contributed by atoms with Crippen LogP contribution in [0.15, 0.2) is 12.3 Å². The van der Waals surface area contributed by atoms with Crippen LogP contribution in [-0.2, 0) is 4.79 Å². The molecule has 0 spiro atoms. The first-order valence-corrected chi connectivity index (χ1v) is 5.93. The highest BCUT2D eigenvalue weighted by Gasteiger charge is 2.22. The number of aryl methyl sites for hydroxylation is 1. The maximum atomic E-state index is 10.8. The van der Waals surface area contributed by atoms with Gasteiger partial charge in [-0.1, -0.05) is 0 Å². The van der Waals surface area contributed by atoms with Gasteiger partial charge in [-0.05, 0) is 25.3 Å². The molecule has 1 unspecified atom stereocenters. The Morgan fingerprint density at radius 3 is 3.00 bits per heavy atom. The van der Waals surface area contributed by atoms with E-state index in [4.69, 9.17) is 0 Å². The number of aldehydes is 1. The summed E-state index contributed by atoms with van der Waals surface area (Å²) in [5.74, 6) is 0.780. The molecule has 6 nitrogen and oxygen atoms in total. The molecule has 0 radical (unpaired) electrons. The van der Waals surface area contributed by atoms with Crippen molar-refractivity contribution in [1.82, 2.24) is 4.98 Å². The Labute approximate surface area is 105 Å². The lowest BCUT2D eigenvalue weighted by Gasteiger charge is -2.31. The van der Waals surface area contributed by atoms with Crippen LogP contribution in [0.25, 0.3) is 0 Å². The minimum atomic E-state index is -0.450. The van der Waals surface area contributed by atoms with E-state index in [1.807, 2.05) is 4.90 Å². The second-order valence-corrected chi connectivity index (χ2v) is 4.58. The summed E-state index contributed by atoms with van der Waals surface area (Å²) < 4.78 is 0. The third-order valence-corrected chi connectivity index (χ3v) is 3.20. The van der Waals surface area contributed by atoms with Gasteiger partial charge in [0.25, 0.3) is 5.69 Å². The number of carbonyl (C=O) groups excluding carboxylic acids is 1. The van der Waals surface area contributed by atoms with Crippen LogP contribution < -0.4 is 4.90 Å². The van der Waals surface area contributed by atoms with Crippen LogP contribution in [0.3, 0.4) is 0 Å². The standard InChI is InChI=1S/C12H15N3O3/c1-9-5-11(15(17)18)6-13-12(9)14-4-2-3-10(7-14)8-16/h5-6,8,10H,2-4,7H2,1H3. The first-order chi connectivity index (χ1) is 8.61. The van der Waals surface area contributed by atoms with Gasteiger partial charge in [0, 0.05) is 25.1 Å². The molecule has 0 amide bonds. The lowest BCUT2D eigenvalue weighted by molar-refractivity contribution is -0.385. The minimum absolute atomic E-state index is 0.000182. The van der Waals surface area contributed by atoms with Crippen LogP contribution in [0, 0.1) is 23.0 Å². The van der Waals surface area contributed by atoms with Crippen LogP contribution >= 0.6 is 0 Å². The number of hydrogen-bond acceptors (Lipinski definition) is 5. The Balaban J connectivity index is 2.22. The summed E-state index contributed by atoms with van der Waals surface area (Å²) in [5, 5.41) is 10.6. The number of piperidine rings is 1. The molecule has 0 bridgehead atoms. The zero-order valence-corrected chi connectivity index (χ0v) is 10.2. The van der Waals surface area contributed by atoms with Crippen molar-refractivity contribution in [3.8, 4) is 0 Å². The van der Waals surface area contributed by atoms with E-state index in [-0.39, 0.29) is 11.6 Å². The monoisotopic (exact) mass is 249 g/mol. The summed E-state index contributed by atoms with van der Waals surface area (Å²) in [7, 11) is 0. The van der Waals surface area contributed by atoms with Gasteiger partial charge >= 0.3 is 0 Å². The minimum Gasteiger partial charge on any atom is -0.356 e. The van der Waals surface area contributed by atoms with Gasteiger partial charge in [-0.2, -0.15) is 0 Å². The van der Waals surface area contributed by atoms with E-state index >= 15 is 0 Å². The summed E-state index contributed by atoms with van der Waals surface area (Å²) in [5.41, 5.74) is 0.774. The van der Waals surface area contributed by atoms with Gasteiger partial charge in [0.05, 0.1) is 4.92 Å². The topological polar surface area (TPSA) is 76.3 Å². The van der Waals surface area contributed by atoms with E-state index in [9.17, 15) is 14.9 Å². The molecule has 1 saturated heterocycles. The fourth-order valence-electron chi connectivity index (χ4n) is 2.30. The van der Waals surface area contributed by atoms with Gasteiger partial charge in [0.15, 0.2) is 0 Å². The molecule has 2 rings (SSSR count). The third-order valence-electron chi connectivity index (χ3n) is 3.20. The van der Waals surface area contributed by atoms with Crippen LogP contribution in [0.2, 0.25) is 0 Å². The second-order valence-electron chi connectivity index (χ2n) is 4.58. The zero-order chi connectivity index (χ0) is 13.1. The predicted molar refractivity (Wildman–Crippen MR) is 66.6 cm³/mol. The fraction of sp³-hybridized carbons (Fsp3) is 0.500. The fourth-order valence-corrected chi connectivity index (χ4v) is 2.30. The average Bonchev–Trinajstić information content (AvgIpc) is 2.38. The SMILES string of the molecule is Cc1cc([N+](=O)[O-])cnc1N1CCCC(C=O)C1. The maximum Gasteiger partial charge on any atom is 0.287 e. The Kier molecular flexibility index (Phi) is 3.55. The third kappa shape index (κ3) is 2.47. The van der Waals surface area contributed by atoms with Crippen LogP contribution in [0.5, 0.6) is 0 Å². The van der Waals surface area contributed by atoms with E-state index in [2.05, 4.69) is 4.98 Å². The Hall–Kier alpha value is -1.98. The number of nitrogens with zero attached hydrogens (tertiary/aromatic N) is 3. The van der Waals surface area contributed by atoms with E-state index in [0.29, 0.717) is 6.54 Å². The first kappa shape index (κ1) is 12.5. The van der Waals surface area contributed by atoms with E-state index < -0.39 is 4.92 Å². The Bertz CT molecular complexity index is 476. The largest absolute Gasteiger partial charge is 0.356 e. The quantitative estimate of drug-likeness (QED) is 0.463.